The SMILES string of the molecule is Cc1cc(-c2ccc(F)cc2)sc1-c1nc2c(C)nn(CC(=O)N(C)C)c2nc1C. The number of carbonyl (C=O) groups is 1. The Morgan fingerprint density at radius 1 is 1.10 bits per heavy atom. The fourth-order valence-electron chi connectivity index (χ4n) is 3.27. The van der Waals surface area contributed by atoms with Crippen molar-refractivity contribution in [2.24, 2.45) is 0 Å². The highest BCUT2D eigenvalue weighted by Crippen LogP contribution is 2.38. The summed E-state index contributed by atoms with van der Waals surface area (Å²) in [5.74, 6) is -0.305. The standard InChI is InChI=1S/C22H22FN5OS/c1-12-10-17(15-6-8-16(23)9-7-15)30-21(12)19-13(2)24-22-20(25-19)14(3)26-28(22)11-18(29)27(4)5/h6-10H,11H2,1-5H3. The number of benzene rings is 1. The molecule has 30 heavy (non-hydrogen) atoms. The van der Waals surface area contributed by atoms with E-state index in [4.69, 9.17) is 9.97 Å². The number of hydrogen-bond donors (Lipinski definition) is 0. The van der Waals surface area contributed by atoms with Gasteiger partial charge in [-0.25, -0.2) is 19.0 Å². The highest BCUT2D eigenvalue weighted by molar-refractivity contribution is 7.19. The number of amides is 1. The second-order valence-electron chi connectivity index (χ2n) is 7.49. The van der Waals surface area contributed by atoms with Gasteiger partial charge in [-0.3, -0.25) is 4.79 Å². The summed E-state index contributed by atoms with van der Waals surface area (Å²) in [4.78, 5) is 25.4. The Hall–Kier alpha value is -3.13. The number of halogens is 1. The molecule has 0 atom stereocenters. The quantitative estimate of drug-likeness (QED) is 0.489. The van der Waals surface area contributed by atoms with Crippen molar-refractivity contribution in [3.05, 3.63) is 53.1 Å². The average molecular weight is 424 g/mol. The third kappa shape index (κ3) is 3.59. The number of nitrogens with zero attached hydrogens (tertiary/aromatic N) is 5. The molecular weight excluding hydrogens is 401 g/mol. The Kier molecular flexibility index (Phi) is 5.11. The molecule has 0 aliphatic carbocycles. The molecule has 0 saturated carbocycles. The fraction of sp³-hybridized carbons (Fsp3) is 0.273. The van der Waals surface area contributed by atoms with Crippen LogP contribution in [0.2, 0.25) is 0 Å². The molecule has 8 heteroatoms. The van der Waals surface area contributed by atoms with Gasteiger partial charge in [0.1, 0.15) is 23.6 Å². The Labute approximate surface area is 178 Å². The van der Waals surface area contributed by atoms with Crippen molar-refractivity contribution in [2.45, 2.75) is 27.3 Å². The Balaban J connectivity index is 1.79. The predicted molar refractivity (Wildman–Crippen MR) is 117 cm³/mol. The zero-order valence-corrected chi connectivity index (χ0v) is 18.3. The zero-order chi connectivity index (χ0) is 21.6. The number of rotatable bonds is 4. The Morgan fingerprint density at radius 2 is 1.80 bits per heavy atom. The van der Waals surface area contributed by atoms with Crippen molar-refractivity contribution in [3.8, 4) is 21.0 Å². The van der Waals surface area contributed by atoms with Gasteiger partial charge in [0, 0.05) is 19.0 Å². The number of aromatic nitrogens is 4. The second kappa shape index (κ2) is 7.60. The molecule has 0 aliphatic rings. The lowest BCUT2D eigenvalue weighted by molar-refractivity contribution is -0.129. The largest absolute Gasteiger partial charge is 0.347 e. The maximum absolute atomic E-state index is 13.3. The monoisotopic (exact) mass is 423 g/mol. The first kappa shape index (κ1) is 20.2. The maximum atomic E-state index is 13.3. The lowest BCUT2D eigenvalue weighted by Crippen LogP contribution is -2.26. The molecule has 154 valence electrons. The molecule has 0 saturated heterocycles. The number of fused-ring (bicyclic) bond motifs is 1. The first-order chi connectivity index (χ1) is 14.2. The Bertz CT molecular complexity index is 1260. The van der Waals surface area contributed by atoms with Gasteiger partial charge < -0.3 is 4.90 Å². The van der Waals surface area contributed by atoms with E-state index in [2.05, 4.69) is 11.2 Å². The summed E-state index contributed by atoms with van der Waals surface area (Å²) in [6.45, 7) is 5.95. The van der Waals surface area contributed by atoms with Crippen molar-refractivity contribution in [3.63, 3.8) is 0 Å². The van der Waals surface area contributed by atoms with Crippen LogP contribution in [0.4, 0.5) is 4.39 Å². The molecule has 3 aromatic heterocycles. The Morgan fingerprint density at radius 3 is 2.47 bits per heavy atom. The smallest absolute Gasteiger partial charge is 0.243 e. The van der Waals surface area contributed by atoms with E-state index < -0.39 is 0 Å². The molecule has 0 bridgehead atoms. The molecule has 0 fully saturated rings. The summed E-state index contributed by atoms with van der Waals surface area (Å²) in [5, 5.41) is 4.48. The summed E-state index contributed by atoms with van der Waals surface area (Å²) < 4.78 is 14.9. The first-order valence-electron chi connectivity index (χ1n) is 9.53. The third-order valence-corrected chi connectivity index (χ3v) is 6.25. The van der Waals surface area contributed by atoms with E-state index in [0.717, 1.165) is 38.0 Å². The normalized spacial score (nSPS) is 11.3. The van der Waals surface area contributed by atoms with Crippen molar-refractivity contribution in [1.82, 2.24) is 24.6 Å². The van der Waals surface area contributed by atoms with Crippen LogP contribution in [0, 0.1) is 26.6 Å². The second-order valence-corrected chi connectivity index (χ2v) is 8.54. The molecule has 0 aliphatic heterocycles. The topological polar surface area (TPSA) is 63.9 Å². The molecule has 4 rings (SSSR count). The van der Waals surface area contributed by atoms with Gasteiger partial charge in [0.15, 0.2) is 5.65 Å². The van der Waals surface area contributed by atoms with Gasteiger partial charge in [-0.15, -0.1) is 11.3 Å². The van der Waals surface area contributed by atoms with Crippen molar-refractivity contribution in [1.29, 1.82) is 0 Å². The summed E-state index contributed by atoms with van der Waals surface area (Å²) in [5.41, 5.74) is 5.67. The minimum Gasteiger partial charge on any atom is -0.347 e. The van der Waals surface area contributed by atoms with Crippen LogP contribution in [0.1, 0.15) is 17.0 Å². The van der Waals surface area contributed by atoms with E-state index in [9.17, 15) is 9.18 Å². The molecule has 0 N–H and O–H groups in total. The zero-order valence-electron chi connectivity index (χ0n) is 17.5. The lowest BCUT2D eigenvalue weighted by Gasteiger charge is -2.10. The van der Waals surface area contributed by atoms with Crippen LogP contribution in [0.3, 0.4) is 0 Å². The molecule has 0 spiro atoms. The number of hydrogen-bond acceptors (Lipinski definition) is 5. The van der Waals surface area contributed by atoms with Crippen LogP contribution in [0.25, 0.3) is 32.2 Å². The van der Waals surface area contributed by atoms with E-state index in [-0.39, 0.29) is 18.3 Å². The minimum atomic E-state index is -0.250. The number of likely N-dealkylation sites (N-methyl/N-ethyl adjacent to an activating group) is 1. The molecule has 4 aromatic rings. The van der Waals surface area contributed by atoms with Crippen LogP contribution in [-0.2, 0) is 11.3 Å². The molecule has 1 aromatic carbocycles. The third-order valence-electron chi connectivity index (χ3n) is 4.96. The highest BCUT2D eigenvalue weighted by atomic mass is 32.1. The van der Waals surface area contributed by atoms with E-state index >= 15 is 0 Å². The summed E-state index contributed by atoms with van der Waals surface area (Å²) in [6, 6.07) is 8.58. The van der Waals surface area contributed by atoms with Gasteiger partial charge in [-0.05, 0) is 50.1 Å². The van der Waals surface area contributed by atoms with Gasteiger partial charge in [0.2, 0.25) is 5.91 Å². The van der Waals surface area contributed by atoms with Crippen molar-refractivity contribution < 1.29 is 9.18 Å². The number of carbonyl (C=O) groups excluding carboxylic acids is 1. The maximum Gasteiger partial charge on any atom is 0.243 e. The summed E-state index contributed by atoms with van der Waals surface area (Å²) in [6.07, 6.45) is 0. The molecule has 6 nitrogen and oxygen atoms in total. The van der Waals surface area contributed by atoms with Crippen LogP contribution < -0.4 is 0 Å². The van der Waals surface area contributed by atoms with Gasteiger partial charge in [0.05, 0.1) is 16.3 Å². The van der Waals surface area contributed by atoms with Crippen LogP contribution in [0.5, 0.6) is 0 Å². The fourth-order valence-corrected chi connectivity index (χ4v) is 4.49. The van der Waals surface area contributed by atoms with Crippen molar-refractivity contribution >= 4 is 28.4 Å². The molecule has 3 heterocycles. The first-order valence-corrected chi connectivity index (χ1v) is 10.3. The van der Waals surface area contributed by atoms with E-state index in [0.29, 0.717) is 11.2 Å². The van der Waals surface area contributed by atoms with Gasteiger partial charge >= 0.3 is 0 Å². The van der Waals surface area contributed by atoms with Gasteiger partial charge in [0.25, 0.3) is 0 Å². The van der Waals surface area contributed by atoms with Crippen LogP contribution in [-0.4, -0.2) is 44.7 Å². The number of aryl methyl sites for hydroxylation is 3. The van der Waals surface area contributed by atoms with Crippen LogP contribution >= 0.6 is 11.3 Å². The highest BCUT2D eigenvalue weighted by Gasteiger charge is 2.19. The number of thiophene rings is 1. The molecule has 1 amide bonds. The molecular formula is C22H22FN5OS. The van der Waals surface area contributed by atoms with Crippen molar-refractivity contribution in [2.75, 3.05) is 14.1 Å². The summed E-state index contributed by atoms with van der Waals surface area (Å²) in [7, 11) is 3.43. The van der Waals surface area contributed by atoms with Gasteiger partial charge in [-0.1, -0.05) is 12.1 Å². The molecule has 0 unspecified atom stereocenters. The molecule has 0 radical (unpaired) electrons. The lowest BCUT2D eigenvalue weighted by atomic mass is 10.1. The van der Waals surface area contributed by atoms with E-state index in [1.165, 1.54) is 17.0 Å². The predicted octanol–water partition coefficient (Wildman–Crippen LogP) is 4.37. The average Bonchev–Trinajstić information content (AvgIpc) is 3.21. The van der Waals surface area contributed by atoms with E-state index in [1.54, 1.807) is 42.2 Å². The summed E-state index contributed by atoms with van der Waals surface area (Å²) >= 11 is 1.61. The van der Waals surface area contributed by atoms with Gasteiger partial charge in [-0.2, -0.15) is 5.10 Å². The minimum absolute atomic E-state index is 0.0547. The van der Waals surface area contributed by atoms with E-state index in [1.807, 2.05) is 20.8 Å². The van der Waals surface area contributed by atoms with Crippen LogP contribution in [0.15, 0.2) is 30.3 Å².